The van der Waals surface area contributed by atoms with E-state index in [1.54, 1.807) is 19.1 Å². The van der Waals surface area contributed by atoms with Gasteiger partial charge in [0.15, 0.2) is 0 Å². The lowest BCUT2D eigenvalue weighted by Crippen LogP contribution is -2.37. The van der Waals surface area contributed by atoms with Crippen LogP contribution >= 0.6 is 0 Å². The number of benzene rings is 1. The third kappa shape index (κ3) is 5.43. The van der Waals surface area contributed by atoms with Crippen LogP contribution in [0.1, 0.15) is 11.1 Å². The van der Waals surface area contributed by atoms with E-state index in [2.05, 4.69) is 21.9 Å². The summed E-state index contributed by atoms with van der Waals surface area (Å²) in [5, 5.41) is 10.9. The number of sulfonamides is 1. The molecule has 114 valence electrons. The Morgan fingerprint density at radius 1 is 1.38 bits per heavy atom. The van der Waals surface area contributed by atoms with E-state index in [-0.39, 0.29) is 24.6 Å². The highest BCUT2D eigenvalue weighted by Crippen LogP contribution is 2.16. The van der Waals surface area contributed by atoms with E-state index in [4.69, 9.17) is 10.8 Å². The van der Waals surface area contributed by atoms with Gasteiger partial charge in [0, 0.05) is 18.7 Å². The molecule has 21 heavy (non-hydrogen) atoms. The van der Waals surface area contributed by atoms with Crippen LogP contribution in [-0.4, -0.2) is 39.3 Å². The van der Waals surface area contributed by atoms with Crippen LogP contribution in [0.3, 0.4) is 0 Å². The fraction of sp³-hybridized carbons (Fsp3) is 0.308. The predicted octanol–water partition coefficient (Wildman–Crippen LogP) is -0.715. The molecule has 2 amide bonds. The quantitative estimate of drug-likeness (QED) is 0.424. The average molecular weight is 311 g/mol. The number of hydrogen-bond donors (Lipinski definition) is 4. The molecule has 0 aliphatic carbocycles. The molecule has 7 nitrogen and oxygen atoms in total. The van der Waals surface area contributed by atoms with Gasteiger partial charge in [0.1, 0.15) is 6.61 Å². The zero-order chi connectivity index (χ0) is 15.9. The fourth-order valence-corrected chi connectivity index (χ4v) is 2.86. The summed E-state index contributed by atoms with van der Waals surface area (Å²) < 4.78 is 26.7. The fourth-order valence-electron chi connectivity index (χ4n) is 1.56. The van der Waals surface area contributed by atoms with Crippen molar-refractivity contribution in [2.24, 2.45) is 5.73 Å². The van der Waals surface area contributed by atoms with Crippen LogP contribution in [0.2, 0.25) is 0 Å². The van der Waals surface area contributed by atoms with Crippen molar-refractivity contribution in [3.05, 3.63) is 29.3 Å². The zero-order valence-electron chi connectivity index (χ0n) is 11.5. The monoisotopic (exact) mass is 311 g/mol. The Kier molecular flexibility index (Phi) is 6.17. The Labute approximate surface area is 123 Å². The number of amides is 2. The minimum atomic E-state index is -3.71. The molecule has 8 heteroatoms. The van der Waals surface area contributed by atoms with Crippen LogP contribution in [0, 0.1) is 18.8 Å². The summed E-state index contributed by atoms with van der Waals surface area (Å²) >= 11 is 0. The van der Waals surface area contributed by atoms with Crippen molar-refractivity contribution < 1.29 is 18.3 Å². The second-order valence-corrected chi connectivity index (χ2v) is 5.86. The molecule has 5 N–H and O–H groups in total. The van der Waals surface area contributed by atoms with Crippen LogP contribution in [0.15, 0.2) is 23.1 Å². The lowest BCUT2D eigenvalue weighted by atomic mass is 10.1. The number of carbonyl (C=O) groups is 1. The number of hydrogen-bond acceptors (Lipinski definition) is 4. The third-order valence-electron chi connectivity index (χ3n) is 2.51. The Morgan fingerprint density at radius 3 is 2.71 bits per heavy atom. The van der Waals surface area contributed by atoms with Gasteiger partial charge in [0.25, 0.3) is 0 Å². The molecule has 1 rings (SSSR count). The van der Waals surface area contributed by atoms with Crippen molar-refractivity contribution in [2.75, 3.05) is 19.7 Å². The second kappa shape index (κ2) is 7.64. The Morgan fingerprint density at radius 2 is 2.10 bits per heavy atom. The molecule has 0 fully saturated rings. The normalized spacial score (nSPS) is 10.6. The Bertz CT molecular complexity index is 674. The van der Waals surface area contributed by atoms with Gasteiger partial charge >= 0.3 is 6.03 Å². The van der Waals surface area contributed by atoms with E-state index in [0.29, 0.717) is 11.1 Å². The van der Waals surface area contributed by atoms with Gasteiger partial charge in [-0.1, -0.05) is 17.9 Å². The molecule has 0 aliphatic heterocycles. The molecule has 0 saturated carbocycles. The number of carbonyl (C=O) groups excluding carboxylic acids is 1. The summed E-state index contributed by atoms with van der Waals surface area (Å²) in [6.45, 7) is 1.49. The standard InChI is InChI=1S/C13H17N3O4S/c1-10-4-5-11(3-2-8-17)9-12(10)21(19,20)16-7-6-15-13(14)18/h4-5,9,16-17H,6-8H2,1H3,(H3,14,15,18). The SMILES string of the molecule is Cc1ccc(C#CCO)cc1S(=O)(=O)NCCNC(N)=O. The first-order valence-corrected chi connectivity index (χ1v) is 7.58. The number of urea groups is 1. The second-order valence-electron chi connectivity index (χ2n) is 4.13. The highest BCUT2D eigenvalue weighted by Gasteiger charge is 2.16. The van der Waals surface area contributed by atoms with E-state index in [1.165, 1.54) is 6.07 Å². The highest BCUT2D eigenvalue weighted by molar-refractivity contribution is 7.89. The molecule has 0 aliphatic rings. The highest BCUT2D eigenvalue weighted by atomic mass is 32.2. The van der Waals surface area contributed by atoms with E-state index in [9.17, 15) is 13.2 Å². The van der Waals surface area contributed by atoms with Crippen molar-refractivity contribution in [3.8, 4) is 11.8 Å². The molecular weight excluding hydrogens is 294 g/mol. The zero-order valence-corrected chi connectivity index (χ0v) is 12.3. The summed E-state index contributed by atoms with van der Waals surface area (Å²) in [4.78, 5) is 10.6. The van der Waals surface area contributed by atoms with Gasteiger partial charge in [0.05, 0.1) is 4.90 Å². The van der Waals surface area contributed by atoms with Crippen molar-refractivity contribution in [3.63, 3.8) is 0 Å². The maximum atomic E-state index is 12.2. The molecule has 1 aromatic carbocycles. The van der Waals surface area contributed by atoms with E-state index < -0.39 is 16.1 Å². The molecule has 0 saturated heterocycles. The average Bonchev–Trinajstić information content (AvgIpc) is 2.42. The molecule has 0 unspecified atom stereocenters. The lowest BCUT2D eigenvalue weighted by molar-refractivity contribution is 0.249. The van der Waals surface area contributed by atoms with Gasteiger partial charge in [-0.05, 0) is 24.6 Å². The number of aryl methyl sites for hydroxylation is 1. The van der Waals surface area contributed by atoms with Crippen molar-refractivity contribution >= 4 is 16.1 Å². The van der Waals surface area contributed by atoms with Crippen LogP contribution in [0.25, 0.3) is 0 Å². The topological polar surface area (TPSA) is 122 Å². The first-order valence-electron chi connectivity index (χ1n) is 6.10. The minimum Gasteiger partial charge on any atom is -0.384 e. The summed E-state index contributed by atoms with van der Waals surface area (Å²) in [6, 6.07) is 4.03. The van der Waals surface area contributed by atoms with Crippen LogP contribution < -0.4 is 15.8 Å². The van der Waals surface area contributed by atoms with E-state index >= 15 is 0 Å². The number of rotatable bonds is 5. The molecule has 1 aromatic rings. The molecule has 0 atom stereocenters. The maximum absolute atomic E-state index is 12.2. The Hall–Kier alpha value is -2.08. The van der Waals surface area contributed by atoms with Gasteiger partial charge in [-0.3, -0.25) is 0 Å². The van der Waals surface area contributed by atoms with Gasteiger partial charge in [0.2, 0.25) is 10.0 Å². The molecule has 0 heterocycles. The third-order valence-corrected chi connectivity index (χ3v) is 4.11. The molecule has 0 bridgehead atoms. The largest absolute Gasteiger partial charge is 0.384 e. The van der Waals surface area contributed by atoms with Gasteiger partial charge < -0.3 is 16.2 Å². The summed E-state index contributed by atoms with van der Waals surface area (Å²) in [7, 11) is -3.71. The first-order chi connectivity index (χ1) is 9.86. The molecular formula is C13H17N3O4S. The van der Waals surface area contributed by atoms with Crippen molar-refractivity contribution in [1.29, 1.82) is 0 Å². The van der Waals surface area contributed by atoms with Crippen LogP contribution in [0.4, 0.5) is 4.79 Å². The molecule has 0 radical (unpaired) electrons. The predicted molar refractivity (Wildman–Crippen MR) is 77.9 cm³/mol. The number of nitrogens with one attached hydrogen (secondary N) is 2. The van der Waals surface area contributed by atoms with Gasteiger partial charge in [-0.15, -0.1) is 0 Å². The van der Waals surface area contributed by atoms with E-state index in [0.717, 1.165) is 0 Å². The van der Waals surface area contributed by atoms with Gasteiger partial charge in [-0.2, -0.15) is 0 Å². The molecule has 0 aromatic heterocycles. The number of primary amides is 1. The van der Waals surface area contributed by atoms with Gasteiger partial charge in [-0.25, -0.2) is 17.9 Å². The number of aliphatic hydroxyl groups is 1. The Balaban J connectivity index is 2.89. The summed E-state index contributed by atoms with van der Waals surface area (Å²) in [6.07, 6.45) is 0. The number of nitrogens with two attached hydrogens (primary N) is 1. The lowest BCUT2D eigenvalue weighted by Gasteiger charge is -2.10. The van der Waals surface area contributed by atoms with Crippen molar-refractivity contribution in [1.82, 2.24) is 10.0 Å². The minimum absolute atomic E-state index is 0.0251. The first kappa shape index (κ1) is 17.0. The summed E-state index contributed by atoms with van der Waals surface area (Å²) in [5.74, 6) is 5.11. The molecule has 0 spiro atoms. The number of aliphatic hydroxyl groups excluding tert-OH is 1. The summed E-state index contributed by atoms with van der Waals surface area (Å²) in [5.41, 5.74) is 5.94. The van der Waals surface area contributed by atoms with E-state index in [1.807, 2.05) is 0 Å². The van der Waals surface area contributed by atoms with Crippen LogP contribution in [-0.2, 0) is 10.0 Å². The maximum Gasteiger partial charge on any atom is 0.312 e. The van der Waals surface area contributed by atoms with Crippen molar-refractivity contribution in [2.45, 2.75) is 11.8 Å². The van der Waals surface area contributed by atoms with Crippen LogP contribution in [0.5, 0.6) is 0 Å². The smallest absolute Gasteiger partial charge is 0.312 e.